The molecule has 0 amide bonds. The molecule has 0 bridgehead atoms. The van der Waals surface area contributed by atoms with Crippen LogP contribution in [0.3, 0.4) is 0 Å². The van der Waals surface area contributed by atoms with Crippen LogP contribution in [-0.2, 0) is 4.74 Å². The summed E-state index contributed by atoms with van der Waals surface area (Å²) in [6.45, 7) is 2.48. The van der Waals surface area contributed by atoms with Crippen molar-refractivity contribution in [1.29, 1.82) is 0 Å². The second-order valence-electron chi connectivity index (χ2n) is 8.87. The van der Waals surface area contributed by atoms with E-state index >= 15 is 0 Å². The predicted molar refractivity (Wildman–Crippen MR) is 89.2 cm³/mol. The van der Waals surface area contributed by atoms with Crippen LogP contribution in [0.15, 0.2) is 23.5 Å². The smallest absolute Gasteiger partial charge is 0.0958 e. The van der Waals surface area contributed by atoms with Gasteiger partial charge in [-0.3, -0.25) is 0 Å². The van der Waals surface area contributed by atoms with E-state index in [1.54, 1.807) is 18.4 Å². The molecule has 0 aromatic carbocycles. The molecule has 0 heterocycles. The summed E-state index contributed by atoms with van der Waals surface area (Å²) >= 11 is 0. The Labute approximate surface area is 135 Å². The van der Waals surface area contributed by atoms with Crippen molar-refractivity contribution < 1.29 is 4.74 Å². The molecule has 22 heavy (non-hydrogen) atoms. The lowest BCUT2D eigenvalue weighted by Gasteiger charge is -2.53. The minimum atomic E-state index is 0.752. The van der Waals surface area contributed by atoms with Crippen molar-refractivity contribution in [3.8, 4) is 0 Å². The molecule has 0 N–H and O–H groups in total. The van der Waals surface area contributed by atoms with E-state index in [9.17, 15) is 0 Å². The summed E-state index contributed by atoms with van der Waals surface area (Å²) < 4.78 is 5.52. The molecule has 1 heteroatoms. The maximum atomic E-state index is 5.52. The summed E-state index contributed by atoms with van der Waals surface area (Å²) in [5, 5.41) is 0. The molecule has 0 unspecified atom stereocenters. The van der Waals surface area contributed by atoms with Crippen molar-refractivity contribution in [3.63, 3.8) is 0 Å². The third-order valence-electron chi connectivity index (χ3n) is 8.37. The molecule has 0 saturated heterocycles. The van der Waals surface area contributed by atoms with E-state index < -0.39 is 0 Å². The fraction of sp³-hybridized carbons (Fsp3) is 0.810. The van der Waals surface area contributed by atoms with Gasteiger partial charge in [0, 0.05) is 6.42 Å². The van der Waals surface area contributed by atoms with E-state index in [0.29, 0.717) is 0 Å². The maximum Gasteiger partial charge on any atom is 0.0958 e. The Kier molecular flexibility index (Phi) is 2.89. The second-order valence-corrected chi connectivity index (χ2v) is 8.87. The topological polar surface area (TPSA) is 9.23 Å². The van der Waals surface area contributed by atoms with E-state index in [0.717, 1.165) is 47.3 Å². The van der Waals surface area contributed by atoms with Gasteiger partial charge in [-0.1, -0.05) is 19.4 Å². The molecule has 0 aliphatic heterocycles. The van der Waals surface area contributed by atoms with Gasteiger partial charge in [0.25, 0.3) is 0 Å². The molecule has 0 aromatic rings. The zero-order valence-corrected chi connectivity index (χ0v) is 14.2. The normalized spacial score (nSPS) is 51.7. The van der Waals surface area contributed by atoms with Crippen molar-refractivity contribution in [1.82, 2.24) is 0 Å². The van der Waals surface area contributed by atoms with Gasteiger partial charge in [0.15, 0.2) is 0 Å². The standard InChI is InChI=1S/C21H30O/c1-3-21-9-8-17-16-7-5-15(22-2)10-13(16)4-6-18(17)20(21)19-11-14(19)12-21/h4,10,14,16-20H,3,5-9,11-12H2,1-2H3/t14-,16+,17-,18-,19-,20-,21-/m1/s1. The van der Waals surface area contributed by atoms with Gasteiger partial charge in [0.05, 0.1) is 12.9 Å². The monoisotopic (exact) mass is 298 g/mol. The van der Waals surface area contributed by atoms with Crippen LogP contribution < -0.4 is 0 Å². The lowest BCUT2D eigenvalue weighted by molar-refractivity contribution is -0.0180. The second kappa shape index (κ2) is 4.65. The molecular weight excluding hydrogens is 268 g/mol. The van der Waals surface area contributed by atoms with Crippen molar-refractivity contribution in [2.24, 2.45) is 40.9 Å². The van der Waals surface area contributed by atoms with E-state index in [1.807, 2.05) is 7.11 Å². The molecule has 5 aliphatic rings. The summed E-state index contributed by atoms with van der Waals surface area (Å²) in [6.07, 6.45) is 16.5. The van der Waals surface area contributed by atoms with E-state index in [1.165, 1.54) is 37.9 Å². The Morgan fingerprint density at radius 3 is 2.95 bits per heavy atom. The Morgan fingerprint density at radius 2 is 2.14 bits per heavy atom. The average molecular weight is 298 g/mol. The van der Waals surface area contributed by atoms with Gasteiger partial charge < -0.3 is 4.74 Å². The maximum absolute atomic E-state index is 5.52. The Bertz CT molecular complexity index is 544. The van der Waals surface area contributed by atoms with Gasteiger partial charge in [0.1, 0.15) is 0 Å². The fourth-order valence-electron chi connectivity index (χ4n) is 7.34. The van der Waals surface area contributed by atoms with Crippen LogP contribution in [0.25, 0.3) is 0 Å². The molecule has 0 spiro atoms. The van der Waals surface area contributed by atoms with Crippen LogP contribution in [0.2, 0.25) is 0 Å². The van der Waals surface area contributed by atoms with Gasteiger partial charge in [-0.2, -0.15) is 0 Å². The third-order valence-corrected chi connectivity index (χ3v) is 8.37. The molecule has 0 aromatic heterocycles. The van der Waals surface area contributed by atoms with Crippen LogP contribution >= 0.6 is 0 Å². The van der Waals surface area contributed by atoms with Gasteiger partial charge >= 0.3 is 0 Å². The SMILES string of the molecule is CC[C@]12CC[C@H]3[C@@H](CC=C4C=C(OC)CC[C@@H]43)[C@@H]1[C@@H]1C[C@@H]1C2. The summed E-state index contributed by atoms with van der Waals surface area (Å²) in [6, 6.07) is 0. The zero-order valence-electron chi connectivity index (χ0n) is 14.2. The van der Waals surface area contributed by atoms with Crippen LogP contribution in [0.4, 0.5) is 0 Å². The van der Waals surface area contributed by atoms with Crippen molar-refractivity contribution in [2.75, 3.05) is 7.11 Å². The summed E-state index contributed by atoms with van der Waals surface area (Å²) in [5.74, 6) is 7.38. The van der Waals surface area contributed by atoms with Gasteiger partial charge in [-0.05, 0) is 91.1 Å². The average Bonchev–Trinajstić information content (AvgIpc) is 3.24. The van der Waals surface area contributed by atoms with Gasteiger partial charge in [0.2, 0.25) is 0 Å². The highest BCUT2D eigenvalue weighted by atomic mass is 16.5. The molecule has 3 fully saturated rings. The largest absolute Gasteiger partial charge is 0.501 e. The molecule has 5 aliphatic carbocycles. The van der Waals surface area contributed by atoms with E-state index in [2.05, 4.69) is 19.1 Å². The Balaban J connectivity index is 1.48. The van der Waals surface area contributed by atoms with Crippen molar-refractivity contribution in [3.05, 3.63) is 23.5 Å². The summed E-state index contributed by atoms with van der Waals surface area (Å²) in [7, 11) is 1.83. The lowest BCUT2D eigenvalue weighted by Crippen LogP contribution is -2.45. The number of rotatable bonds is 2. The molecule has 3 saturated carbocycles. The molecular formula is C21H30O. The number of methoxy groups -OCH3 is 1. The molecule has 1 nitrogen and oxygen atoms in total. The van der Waals surface area contributed by atoms with E-state index in [-0.39, 0.29) is 0 Å². The Hall–Kier alpha value is -0.720. The third kappa shape index (κ3) is 1.72. The number of hydrogen-bond donors (Lipinski definition) is 0. The van der Waals surface area contributed by atoms with Gasteiger partial charge in [-0.15, -0.1) is 0 Å². The minimum Gasteiger partial charge on any atom is -0.501 e. The zero-order chi connectivity index (χ0) is 14.9. The highest BCUT2D eigenvalue weighted by Crippen LogP contribution is 2.72. The van der Waals surface area contributed by atoms with Crippen LogP contribution in [0.5, 0.6) is 0 Å². The first kappa shape index (κ1) is 13.7. The lowest BCUT2D eigenvalue weighted by atomic mass is 9.51. The highest BCUT2D eigenvalue weighted by Gasteiger charge is 2.64. The van der Waals surface area contributed by atoms with Crippen LogP contribution in [0.1, 0.15) is 58.3 Å². The number of ether oxygens (including phenoxy) is 1. The molecule has 7 atom stereocenters. The van der Waals surface area contributed by atoms with Crippen molar-refractivity contribution >= 4 is 0 Å². The molecule has 5 rings (SSSR count). The van der Waals surface area contributed by atoms with Crippen molar-refractivity contribution in [2.45, 2.75) is 58.3 Å². The highest BCUT2D eigenvalue weighted by molar-refractivity contribution is 5.32. The van der Waals surface area contributed by atoms with Crippen LogP contribution in [-0.4, -0.2) is 7.11 Å². The molecule has 120 valence electrons. The van der Waals surface area contributed by atoms with Crippen LogP contribution in [0, 0.1) is 40.9 Å². The Morgan fingerprint density at radius 1 is 1.23 bits per heavy atom. The predicted octanol–water partition coefficient (Wildman–Crippen LogP) is 5.34. The first-order chi connectivity index (χ1) is 10.8. The van der Waals surface area contributed by atoms with Gasteiger partial charge in [-0.25, -0.2) is 0 Å². The fourth-order valence-corrected chi connectivity index (χ4v) is 7.34. The number of allylic oxidation sites excluding steroid dienone is 4. The summed E-state index contributed by atoms with van der Waals surface area (Å²) in [4.78, 5) is 0. The van der Waals surface area contributed by atoms with E-state index in [4.69, 9.17) is 4.74 Å². The number of hydrogen-bond acceptors (Lipinski definition) is 1. The quantitative estimate of drug-likeness (QED) is 0.669. The minimum absolute atomic E-state index is 0.752. The summed E-state index contributed by atoms with van der Waals surface area (Å²) in [5.41, 5.74) is 2.38. The first-order valence-electron chi connectivity index (χ1n) is 9.70. The number of fused-ring (bicyclic) bond motifs is 7. The molecule has 0 radical (unpaired) electrons. The first-order valence-corrected chi connectivity index (χ1v) is 9.70.